The van der Waals surface area contributed by atoms with Crippen molar-refractivity contribution in [1.29, 1.82) is 0 Å². The number of aliphatic hydroxyl groups is 2. The first-order chi connectivity index (χ1) is 39.7. The number of carbonyl (C=O) groups is 1. The summed E-state index contributed by atoms with van der Waals surface area (Å²) in [7, 11) is 0. The molecule has 80 heavy (non-hydrogen) atoms. The van der Waals surface area contributed by atoms with Crippen LogP contribution in [0, 0.1) is 0 Å². The monoisotopic (exact) mass is 1120 g/mol. The van der Waals surface area contributed by atoms with Crippen LogP contribution >= 0.6 is 0 Å². The van der Waals surface area contributed by atoms with Gasteiger partial charge in [0.1, 0.15) is 0 Å². The summed E-state index contributed by atoms with van der Waals surface area (Å²) < 4.78 is 0. The van der Waals surface area contributed by atoms with Gasteiger partial charge in [0.15, 0.2) is 0 Å². The molecule has 4 heteroatoms. The lowest BCUT2D eigenvalue weighted by atomic mass is 10.0. The molecule has 0 rings (SSSR count). The summed E-state index contributed by atoms with van der Waals surface area (Å²) in [5.41, 5.74) is 0. The summed E-state index contributed by atoms with van der Waals surface area (Å²) >= 11 is 0. The summed E-state index contributed by atoms with van der Waals surface area (Å²) in [6.07, 6.45) is 99.9. The molecule has 2 unspecified atom stereocenters. The number of allylic oxidation sites excluding steroid dienone is 5. The Morgan fingerprint density at radius 1 is 0.287 bits per heavy atom. The molecule has 1 amide bonds. The lowest BCUT2D eigenvalue weighted by molar-refractivity contribution is -0.123. The van der Waals surface area contributed by atoms with Crippen LogP contribution in [0.15, 0.2) is 36.5 Å². The molecular weight excluding hydrogens is 975 g/mol. The fourth-order valence-corrected chi connectivity index (χ4v) is 12.0. The highest BCUT2D eigenvalue weighted by Crippen LogP contribution is 2.20. The van der Waals surface area contributed by atoms with Gasteiger partial charge >= 0.3 is 0 Å². The maximum absolute atomic E-state index is 12.5. The van der Waals surface area contributed by atoms with Gasteiger partial charge in [-0.25, -0.2) is 0 Å². The number of carbonyl (C=O) groups excluding carboxylic acids is 1. The molecule has 0 aromatic heterocycles. The Balaban J connectivity index is 3.43. The number of rotatable bonds is 70. The quantitative estimate of drug-likeness (QED) is 0.0420. The Bertz CT molecular complexity index is 1230. The Labute approximate surface area is 503 Å². The maximum atomic E-state index is 12.5. The third-order valence-corrected chi connectivity index (χ3v) is 17.6. The van der Waals surface area contributed by atoms with Gasteiger partial charge in [0, 0.05) is 6.42 Å². The number of aliphatic hydroxyl groups excluding tert-OH is 2. The molecule has 0 heterocycles. The lowest BCUT2D eigenvalue weighted by Gasteiger charge is -2.19. The smallest absolute Gasteiger partial charge is 0.220 e. The van der Waals surface area contributed by atoms with Gasteiger partial charge in [0.2, 0.25) is 5.91 Å². The average molecular weight is 1120 g/mol. The van der Waals surface area contributed by atoms with Crippen LogP contribution in [0.3, 0.4) is 0 Å². The molecule has 0 aromatic carbocycles. The predicted molar refractivity (Wildman–Crippen MR) is 359 cm³/mol. The van der Waals surface area contributed by atoms with Crippen LogP contribution in [0.4, 0.5) is 0 Å². The van der Waals surface area contributed by atoms with Crippen LogP contribution in [0.5, 0.6) is 0 Å². The van der Waals surface area contributed by atoms with E-state index in [-0.39, 0.29) is 12.5 Å². The first-order valence-corrected chi connectivity index (χ1v) is 37.2. The number of unbranched alkanes of at least 4 members (excludes halogenated alkanes) is 59. The second-order valence-corrected chi connectivity index (χ2v) is 25.7. The molecule has 2 atom stereocenters. The second kappa shape index (κ2) is 71.9. The van der Waals surface area contributed by atoms with Gasteiger partial charge in [-0.1, -0.05) is 410 Å². The van der Waals surface area contributed by atoms with Crippen LogP contribution < -0.4 is 5.32 Å². The van der Waals surface area contributed by atoms with Gasteiger partial charge in [0.25, 0.3) is 0 Å². The van der Waals surface area contributed by atoms with Crippen molar-refractivity contribution in [2.45, 2.75) is 437 Å². The largest absolute Gasteiger partial charge is 0.394 e. The van der Waals surface area contributed by atoms with Crippen molar-refractivity contribution in [3.05, 3.63) is 36.5 Å². The van der Waals surface area contributed by atoms with E-state index in [1.807, 2.05) is 6.08 Å². The average Bonchev–Trinajstić information content (AvgIpc) is 3.46. The van der Waals surface area contributed by atoms with E-state index in [0.717, 1.165) is 38.5 Å². The van der Waals surface area contributed by atoms with Crippen LogP contribution in [-0.2, 0) is 4.79 Å². The van der Waals surface area contributed by atoms with Crippen molar-refractivity contribution >= 4 is 5.91 Å². The second-order valence-electron chi connectivity index (χ2n) is 25.7. The Hall–Kier alpha value is -1.39. The standard InChI is InChI=1S/C76H147NO3/c1-3-5-7-9-11-13-15-17-19-21-23-25-27-29-31-33-35-36-37-38-39-40-41-42-44-46-48-50-52-54-56-58-60-62-64-66-68-70-72-76(80)77-74(73-78)75(79)71-69-67-65-63-61-59-57-55-53-51-49-47-45-43-34-32-30-28-26-24-22-20-18-16-14-12-10-8-6-4-2/h53,55,61,63,69,71,74-75,78-79H,3-52,54,56-60,62,64-68,70,72-73H2,1-2H3,(H,77,80)/b55-53+,63-61+,71-69+. The predicted octanol–water partition coefficient (Wildman–Crippen LogP) is 25.5. The van der Waals surface area contributed by atoms with Gasteiger partial charge in [-0.3, -0.25) is 4.79 Å². The Kier molecular flexibility index (Phi) is 70.6. The van der Waals surface area contributed by atoms with Crippen molar-refractivity contribution in [2.75, 3.05) is 6.61 Å². The number of hydrogen-bond acceptors (Lipinski definition) is 3. The molecule has 4 nitrogen and oxygen atoms in total. The minimum Gasteiger partial charge on any atom is -0.394 e. The molecule has 0 aliphatic carbocycles. The first-order valence-electron chi connectivity index (χ1n) is 37.2. The van der Waals surface area contributed by atoms with E-state index in [9.17, 15) is 15.0 Å². The van der Waals surface area contributed by atoms with Crippen molar-refractivity contribution in [3.63, 3.8) is 0 Å². The van der Waals surface area contributed by atoms with E-state index in [0.29, 0.717) is 6.42 Å². The molecule has 0 aromatic rings. The summed E-state index contributed by atoms with van der Waals surface area (Å²) in [4.78, 5) is 12.5. The summed E-state index contributed by atoms with van der Waals surface area (Å²) in [6.45, 7) is 4.35. The van der Waals surface area contributed by atoms with E-state index < -0.39 is 12.1 Å². The highest BCUT2D eigenvalue weighted by atomic mass is 16.3. The number of hydrogen-bond donors (Lipinski definition) is 3. The zero-order valence-electron chi connectivity index (χ0n) is 54.9. The normalized spacial score (nSPS) is 12.8. The van der Waals surface area contributed by atoms with Gasteiger partial charge in [-0.2, -0.15) is 0 Å². The van der Waals surface area contributed by atoms with Gasteiger partial charge in [-0.05, 0) is 44.9 Å². The number of amides is 1. The molecule has 0 saturated heterocycles. The first kappa shape index (κ1) is 78.6. The van der Waals surface area contributed by atoms with Crippen molar-refractivity contribution < 1.29 is 15.0 Å². The van der Waals surface area contributed by atoms with Crippen LogP contribution in [0.25, 0.3) is 0 Å². The Morgan fingerprint density at radius 2 is 0.487 bits per heavy atom. The van der Waals surface area contributed by atoms with Gasteiger partial charge < -0.3 is 15.5 Å². The molecular formula is C76H147NO3. The third kappa shape index (κ3) is 67.4. The van der Waals surface area contributed by atoms with E-state index >= 15 is 0 Å². The summed E-state index contributed by atoms with van der Waals surface area (Å²) in [5.74, 6) is -0.0688. The molecule has 0 aliphatic rings. The molecule has 474 valence electrons. The van der Waals surface area contributed by atoms with Crippen molar-refractivity contribution in [2.24, 2.45) is 0 Å². The zero-order valence-corrected chi connectivity index (χ0v) is 54.9. The molecule has 0 aliphatic heterocycles. The fraction of sp³-hybridized carbons (Fsp3) is 0.908. The van der Waals surface area contributed by atoms with Crippen LogP contribution in [0.2, 0.25) is 0 Å². The van der Waals surface area contributed by atoms with Crippen LogP contribution in [0.1, 0.15) is 425 Å². The fourth-order valence-electron chi connectivity index (χ4n) is 12.0. The lowest BCUT2D eigenvalue weighted by Crippen LogP contribution is -2.45. The molecule has 0 saturated carbocycles. The summed E-state index contributed by atoms with van der Waals surface area (Å²) in [6, 6.07) is -0.646. The van der Waals surface area contributed by atoms with Gasteiger partial charge in [0.05, 0.1) is 18.8 Å². The molecule has 0 radical (unpaired) electrons. The maximum Gasteiger partial charge on any atom is 0.220 e. The highest BCUT2D eigenvalue weighted by molar-refractivity contribution is 5.76. The number of nitrogens with one attached hydrogen (secondary N) is 1. The zero-order chi connectivity index (χ0) is 57.6. The molecule has 3 N–H and O–H groups in total. The molecule has 0 bridgehead atoms. The van der Waals surface area contributed by atoms with E-state index in [1.165, 1.54) is 366 Å². The van der Waals surface area contributed by atoms with E-state index in [4.69, 9.17) is 0 Å². The molecule has 0 fully saturated rings. The van der Waals surface area contributed by atoms with Crippen molar-refractivity contribution in [1.82, 2.24) is 5.32 Å². The van der Waals surface area contributed by atoms with E-state index in [1.54, 1.807) is 6.08 Å². The SMILES string of the molecule is CCCCCCCCCCCCCCCCCCCCCC/C=C/CC/C=C/CC/C=C/C(O)C(CO)NC(=O)CCCCCCCCCCCCCCCCCCCCCCCCCCCCCCCCCCCCCCCC. The summed E-state index contributed by atoms with van der Waals surface area (Å²) in [5, 5.41) is 23.3. The Morgan fingerprint density at radius 3 is 0.725 bits per heavy atom. The van der Waals surface area contributed by atoms with Crippen LogP contribution in [-0.4, -0.2) is 34.9 Å². The van der Waals surface area contributed by atoms with Crippen molar-refractivity contribution in [3.8, 4) is 0 Å². The van der Waals surface area contributed by atoms with E-state index in [2.05, 4.69) is 43.5 Å². The highest BCUT2D eigenvalue weighted by Gasteiger charge is 2.18. The topological polar surface area (TPSA) is 69.6 Å². The molecule has 0 spiro atoms. The van der Waals surface area contributed by atoms with Gasteiger partial charge in [-0.15, -0.1) is 0 Å². The third-order valence-electron chi connectivity index (χ3n) is 17.6. The minimum absolute atomic E-state index is 0.0688. The minimum atomic E-state index is -0.871.